The summed E-state index contributed by atoms with van der Waals surface area (Å²) in [4.78, 5) is 11.8. The molecule has 0 atom stereocenters. The molecular weight excluding hydrogens is 242 g/mol. The van der Waals surface area contributed by atoms with Crippen LogP contribution in [0.3, 0.4) is 0 Å². The minimum absolute atomic E-state index is 0.688. The highest BCUT2D eigenvalue weighted by molar-refractivity contribution is 5.81. The number of hydrogen-bond donors (Lipinski definition) is 1. The highest BCUT2D eigenvalue weighted by atomic mass is 16.5. The van der Waals surface area contributed by atoms with E-state index >= 15 is 0 Å². The number of H-pyrrole nitrogens is 1. The minimum atomic E-state index is 0.688. The van der Waals surface area contributed by atoms with Crippen LogP contribution in [0.1, 0.15) is 0 Å². The summed E-state index contributed by atoms with van der Waals surface area (Å²) in [6.45, 7) is 0. The van der Waals surface area contributed by atoms with Crippen molar-refractivity contribution in [2.45, 2.75) is 0 Å². The van der Waals surface area contributed by atoms with Crippen LogP contribution in [0.5, 0.6) is 11.5 Å². The van der Waals surface area contributed by atoms with Gasteiger partial charge in [0.25, 0.3) is 0 Å². The molecule has 5 heteroatoms. The molecule has 0 unspecified atom stereocenters. The van der Waals surface area contributed by atoms with Crippen LogP contribution in [-0.4, -0.2) is 29.2 Å². The second-order valence-corrected chi connectivity index (χ2v) is 4.04. The average molecular weight is 255 g/mol. The number of pyridine rings is 1. The summed E-state index contributed by atoms with van der Waals surface area (Å²) in [5.41, 5.74) is 2.69. The van der Waals surface area contributed by atoms with E-state index in [0.717, 1.165) is 28.2 Å². The Balaban J connectivity index is 2.15. The number of ether oxygens (including phenoxy) is 2. The predicted octanol–water partition coefficient (Wildman–Crippen LogP) is 2.64. The summed E-state index contributed by atoms with van der Waals surface area (Å²) in [5.74, 6) is 2.24. The topological polar surface area (TPSA) is 60.0 Å². The van der Waals surface area contributed by atoms with Crippen molar-refractivity contribution < 1.29 is 9.47 Å². The van der Waals surface area contributed by atoms with Crippen molar-refractivity contribution in [3.8, 4) is 22.9 Å². The fraction of sp³-hybridized carbons (Fsp3) is 0.143. The summed E-state index contributed by atoms with van der Waals surface area (Å²) < 4.78 is 10.5. The Hall–Kier alpha value is -2.56. The van der Waals surface area contributed by atoms with E-state index in [1.807, 2.05) is 24.3 Å². The zero-order chi connectivity index (χ0) is 13.2. The van der Waals surface area contributed by atoms with Crippen LogP contribution in [0, 0.1) is 0 Å². The molecule has 0 saturated carbocycles. The Morgan fingerprint density at radius 1 is 1.11 bits per heavy atom. The number of nitrogens with zero attached hydrogens (tertiary/aromatic N) is 2. The number of benzene rings is 1. The van der Waals surface area contributed by atoms with E-state index in [2.05, 4.69) is 15.0 Å². The summed E-state index contributed by atoms with van der Waals surface area (Å²) in [7, 11) is 3.26. The number of rotatable bonds is 3. The van der Waals surface area contributed by atoms with Crippen LogP contribution in [0.4, 0.5) is 0 Å². The van der Waals surface area contributed by atoms with Crippen LogP contribution < -0.4 is 9.47 Å². The van der Waals surface area contributed by atoms with Crippen molar-refractivity contribution in [2.24, 2.45) is 0 Å². The molecule has 3 aromatic rings. The summed E-state index contributed by atoms with van der Waals surface area (Å²) in [5, 5.41) is 0. The van der Waals surface area contributed by atoms with E-state index in [9.17, 15) is 0 Å². The first kappa shape index (κ1) is 11.5. The maximum atomic E-state index is 5.29. The van der Waals surface area contributed by atoms with Crippen LogP contribution in [0.15, 0.2) is 36.7 Å². The second-order valence-electron chi connectivity index (χ2n) is 4.04. The zero-order valence-electron chi connectivity index (χ0n) is 10.7. The molecule has 0 aliphatic rings. The molecule has 1 N–H and O–H groups in total. The fourth-order valence-corrected chi connectivity index (χ4v) is 1.98. The molecule has 2 heterocycles. The van der Waals surface area contributed by atoms with Crippen LogP contribution in [0.25, 0.3) is 22.4 Å². The third-order valence-corrected chi connectivity index (χ3v) is 2.95. The number of hydrogen-bond acceptors (Lipinski definition) is 4. The summed E-state index contributed by atoms with van der Waals surface area (Å²) >= 11 is 0. The molecule has 0 fully saturated rings. The van der Waals surface area contributed by atoms with Crippen molar-refractivity contribution in [3.63, 3.8) is 0 Å². The van der Waals surface area contributed by atoms with Gasteiger partial charge in [-0.05, 0) is 18.2 Å². The molecule has 0 aliphatic heterocycles. The van der Waals surface area contributed by atoms with Crippen molar-refractivity contribution in [1.29, 1.82) is 0 Å². The van der Waals surface area contributed by atoms with Crippen molar-refractivity contribution in [2.75, 3.05) is 14.2 Å². The minimum Gasteiger partial charge on any atom is -0.497 e. The molecule has 1 aromatic carbocycles. The van der Waals surface area contributed by atoms with Gasteiger partial charge in [-0.2, -0.15) is 0 Å². The van der Waals surface area contributed by atoms with Gasteiger partial charge in [-0.25, -0.2) is 4.98 Å². The first-order valence-electron chi connectivity index (χ1n) is 5.84. The Labute approximate surface area is 110 Å². The summed E-state index contributed by atoms with van der Waals surface area (Å²) in [6.07, 6.45) is 3.38. The van der Waals surface area contributed by atoms with Gasteiger partial charge >= 0.3 is 0 Å². The fourth-order valence-electron chi connectivity index (χ4n) is 1.98. The van der Waals surface area contributed by atoms with Crippen LogP contribution in [-0.2, 0) is 0 Å². The molecule has 5 nitrogen and oxygen atoms in total. The number of nitrogens with one attached hydrogen (secondary N) is 1. The van der Waals surface area contributed by atoms with E-state index in [4.69, 9.17) is 9.47 Å². The van der Waals surface area contributed by atoms with Crippen LogP contribution >= 0.6 is 0 Å². The molecule has 0 amide bonds. The van der Waals surface area contributed by atoms with E-state index in [1.54, 1.807) is 26.6 Å². The quantitative estimate of drug-likeness (QED) is 0.781. The van der Waals surface area contributed by atoms with Gasteiger partial charge in [0, 0.05) is 12.3 Å². The Kier molecular flexibility index (Phi) is 2.79. The van der Waals surface area contributed by atoms with Crippen molar-refractivity contribution in [1.82, 2.24) is 15.0 Å². The number of aromatic nitrogens is 3. The maximum absolute atomic E-state index is 5.29. The molecule has 3 rings (SSSR count). The van der Waals surface area contributed by atoms with Gasteiger partial charge in [-0.1, -0.05) is 0 Å². The molecule has 0 bridgehead atoms. The number of fused-ring (bicyclic) bond motifs is 1. The molecule has 0 aliphatic carbocycles. The van der Waals surface area contributed by atoms with Gasteiger partial charge in [-0.15, -0.1) is 0 Å². The summed E-state index contributed by atoms with van der Waals surface area (Å²) in [6, 6.07) is 7.59. The highest BCUT2D eigenvalue weighted by Gasteiger charge is 2.10. The first-order chi connectivity index (χ1) is 9.31. The number of imidazole rings is 1. The van der Waals surface area contributed by atoms with Crippen LogP contribution in [0.2, 0.25) is 0 Å². The third-order valence-electron chi connectivity index (χ3n) is 2.95. The van der Waals surface area contributed by atoms with E-state index in [1.165, 1.54) is 0 Å². The Morgan fingerprint density at radius 2 is 2.00 bits per heavy atom. The molecular formula is C14H13N3O2. The van der Waals surface area contributed by atoms with Gasteiger partial charge in [0.05, 0.1) is 37.0 Å². The lowest BCUT2D eigenvalue weighted by atomic mass is 10.2. The smallest absolute Gasteiger partial charge is 0.148 e. The zero-order valence-corrected chi connectivity index (χ0v) is 10.7. The van der Waals surface area contributed by atoms with Crippen molar-refractivity contribution in [3.05, 3.63) is 36.7 Å². The van der Waals surface area contributed by atoms with Gasteiger partial charge < -0.3 is 14.5 Å². The SMILES string of the molecule is COc1ccc2nc(-c3ccncc3OC)[nH]c2c1. The van der Waals surface area contributed by atoms with Gasteiger partial charge in [0.2, 0.25) is 0 Å². The van der Waals surface area contributed by atoms with E-state index < -0.39 is 0 Å². The molecule has 96 valence electrons. The lowest BCUT2D eigenvalue weighted by Crippen LogP contribution is -1.89. The molecule has 19 heavy (non-hydrogen) atoms. The Morgan fingerprint density at radius 3 is 2.79 bits per heavy atom. The third kappa shape index (κ3) is 1.99. The lowest BCUT2D eigenvalue weighted by Gasteiger charge is -2.03. The van der Waals surface area contributed by atoms with Crippen molar-refractivity contribution >= 4 is 11.0 Å². The number of aromatic amines is 1. The highest BCUT2D eigenvalue weighted by Crippen LogP contribution is 2.29. The second kappa shape index (κ2) is 4.61. The molecule has 2 aromatic heterocycles. The molecule has 0 saturated heterocycles. The largest absolute Gasteiger partial charge is 0.497 e. The number of methoxy groups -OCH3 is 2. The standard InChI is InChI=1S/C14H13N3O2/c1-18-9-3-4-11-12(7-9)17-14(16-11)10-5-6-15-8-13(10)19-2/h3-8H,1-2H3,(H,16,17). The molecule has 0 spiro atoms. The van der Waals surface area contributed by atoms with E-state index in [-0.39, 0.29) is 0 Å². The lowest BCUT2D eigenvalue weighted by molar-refractivity contribution is 0.414. The normalized spacial score (nSPS) is 10.6. The molecule has 0 radical (unpaired) electrons. The predicted molar refractivity (Wildman–Crippen MR) is 72.4 cm³/mol. The van der Waals surface area contributed by atoms with E-state index in [0.29, 0.717) is 5.75 Å². The first-order valence-corrected chi connectivity index (χ1v) is 5.84. The monoisotopic (exact) mass is 255 g/mol. The Bertz CT molecular complexity index is 722. The maximum Gasteiger partial charge on any atom is 0.148 e. The average Bonchev–Trinajstić information content (AvgIpc) is 2.89. The van der Waals surface area contributed by atoms with Gasteiger partial charge in [-0.3, -0.25) is 4.98 Å². The van der Waals surface area contributed by atoms with Gasteiger partial charge in [0.15, 0.2) is 0 Å². The van der Waals surface area contributed by atoms with Gasteiger partial charge in [0.1, 0.15) is 17.3 Å².